The highest BCUT2D eigenvalue weighted by Crippen LogP contribution is 2.26. The van der Waals surface area contributed by atoms with E-state index in [2.05, 4.69) is 28.9 Å². The number of nitrogens with two attached hydrogens (primary N) is 1. The molecule has 1 aromatic heterocycles. The van der Waals surface area contributed by atoms with E-state index in [0.717, 1.165) is 28.1 Å². The molecule has 18 heavy (non-hydrogen) atoms. The molecule has 0 bridgehead atoms. The third kappa shape index (κ3) is 3.22. The summed E-state index contributed by atoms with van der Waals surface area (Å²) in [7, 11) is 0. The van der Waals surface area contributed by atoms with Crippen LogP contribution >= 0.6 is 15.9 Å². The van der Waals surface area contributed by atoms with E-state index >= 15 is 0 Å². The van der Waals surface area contributed by atoms with Gasteiger partial charge in [0.25, 0.3) is 0 Å². The molecule has 2 aromatic rings. The third-order valence-corrected chi connectivity index (χ3v) is 3.67. The number of aryl methyl sites for hydroxylation is 1. The summed E-state index contributed by atoms with van der Waals surface area (Å²) in [6, 6.07) is 10.2. The molecular formula is C14H17BrNO2+. The lowest BCUT2D eigenvalue weighted by atomic mass is 10.1. The van der Waals surface area contributed by atoms with Crippen molar-refractivity contribution in [3.63, 3.8) is 0 Å². The first-order chi connectivity index (χ1) is 8.70. The van der Waals surface area contributed by atoms with Gasteiger partial charge in [0.05, 0.1) is 13.2 Å². The van der Waals surface area contributed by atoms with E-state index in [1.54, 1.807) is 0 Å². The first-order valence-electron chi connectivity index (χ1n) is 5.98. The maximum Gasteiger partial charge on any atom is 0.158 e. The van der Waals surface area contributed by atoms with Gasteiger partial charge < -0.3 is 14.8 Å². The van der Waals surface area contributed by atoms with Crippen LogP contribution < -0.4 is 5.32 Å². The molecule has 0 saturated carbocycles. The van der Waals surface area contributed by atoms with Crippen LogP contribution in [0.5, 0.6) is 0 Å². The fourth-order valence-electron chi connectivity index (χ4n) is 1.78. The van der Waals surface area contributed by atoms with E-state index in [9.17, 15) is 0 Å². The van der Waals surface area contributed by atoms with Crippen LogP contribution in [0.1, 0.15) is 11.3 Å². The van der Waals surface area contributed by atoms with Crippen LogP contribution in [-0.4, -0.2) is 18.3 Å². The van der Waals surface area contributed by atoms with Crippen LogP contribution in [0.15, 0.2) is 39.2 Å². The molecule has 0 amide bonds. The fourth-order valence-corrected chi connectivity index (χ4v) is 2.02. The monoisotopic (exact) mass is 310 g/mol. The van der Waals surface area contributed by atoms with Crippen molar-refractivity contribution in [3.05, 3.63) is 46.1 Å². The van der Waals surface area contributed by atoms with Gasteiger partial charge in [-0.3, -0.25) is 0 Å². The van der Waals surface area contributed by atoms with Gasteiger partial charge >= 0.3 is 0 Å². The van der Waals surface area contributed by atoms with E-state index in [0.29, 0.717) is 6.54 Å². The van der Waals surface area contributed by atoms with Crippen molar-refractivity contribution in [2.75, 3.05) is 13.2 Å². The third-order valence-electron chi connectivity index (χ3n) is 2.78. The van der Waals surface area contributed by atoms with E-state index in [1.807, 2.05) is 29.6 Å². The van der Waals surface area contributed by atoms with Gasteiger partial charge in [-0.15, -0.1) is 0 Å². The van der Waals surface area contributed by atoms with Crippen molar-refractivity contribution in [1.82, 2.24) is 0 Å². The molecule has 0 aliphatic rings. The van der Waals surface area contributed by atoms with Gasteiger partial charge in [0.15, 0.2) is 5.76 Å². The van der Waals surface area contributed by atoms with E-state index < -0.39 is 0 Å². The van der Waals surface area contributed by atoms with Crippen molar-refractivity contribution < 1.29 is 14.8 Å². The van der Waals surface area contributed by atoms with Gasteiger partial charge in [0, 0.05) is 10.0 Å². The number of furan rings is 1. The Bertz CT molecular complexity index is 522. The average Bonchev–Trinajstić information content (AvgIpc) is 2.82. The molecule has 1 heterocycles. The molecule has 0 fully saturated rings. The molecule has 0 unspecified atom stereocenters. The second-order valence-electron chi connectivity index (χ2n) is 4.24. The van der Waals surface area contributed by atoms with Crippen molar-refractivity contribution in [1.29, 1.82) is 0 Å². The average molecular weight is 311 g/mol. The Balaban J connectivity index is 2.11. The number of quaternary nitrogens is 1. The molecule has 0 saturated heterocycles. The van der Waals surface area contributed by atoms with Crippen molar-refractivity contribution in [3.8, 4) is 11.3 Å². The number of aliphatic hydroxyl groups is 1. The fraction of sp³-hybridized carbons (Fsp3) is 0.286. The Kier molecular flexibility index (Phi) is 4.58. The molecule has 96 valence electrons. The lowest BCUT2D eigenvalue weighted by molar-refractivity contribution is -0.673. The molecule has 0 radical (unpaired) electrons. The summed E-state index contributed by atoms with van der Waals surface area (Å²) in [6.07, 6.45) is 0. The normalized spacial score (nSPS) is 10.8. The van der Waals surface area contributed by atoms with E-state index in [4.69, 9.17) is 9.52 Å². The van der Waals surface area contributed by atoms with Gasteiger partial charge in [-0.25, -0.2) is 0 Å². The molecule has 1 aromatic carbocycles. The van der Waals surface area contributed by atoms with Gasteiger partial charge in [-0.1, -0.05) is 22.0 Å². The number of hydrogen-bond acceptors (Lipinski definition) is 2. The highest BCUT2D eigenvalue weighted by Gasteiger charge is 2.07. The summed E-state index contributed by atoms with van der Waals surface area (Å²) in [4.78, 5) is 0. The van der Waals surface area contributed by atoms with Crippen LogP contribution in [0, 0.1) is 6.92 Å². The molecule has 0 atom stereocenters. The molecule has 0 aliphatic heterocycles. The highest BCUT2D eigenvalue weighted by molar-refractivity contribution is 9.10. The molecule has 0 aliphatic carbocycles. The second kappa shape index (κ2) is 6.18. The quantitative estimate of drug-likeness (QED) is 0.831. The van der Waals surface area contributed by atoms with Gasteiger partial charge in [0.2, 0.25) is 0 Å². The minimum atomic E-state index is 0.194. The maximum absolute atomic E-state index is 8.72. The summed E-state index contributed by atoms with van der Waals surface area (Å²) in [5, 5.41) is 10.7. The predicted octanol–water partition coefficient (Wildman–Crippen LogP) is 2.07. The molecule has 3 N–H and O–H groups in total. The Labute approximate surface area is 115 Å². The molecule has 0 spiro atoms. The zero-order chi connectivity index (χ0) is 13.0. The number of benzene rings is 1. The van der Waals surface area contributed by atoms with Crippen molar-refractivity contribution in [2.45, 2.75) is 13.5 Å². The second-order valence-corrected chi connectivity index (χ2v) is 5.09. The molecule has 3 nitrogen and oxygen atoms in total. The van der Waals surface area contributed by atoms with Crippen molar-refractivity contribution in [2.24, 2.45) is 0 Å². The van der Waals surface area contributed by atoms with Crippen LogP contribution in [0.4, 0.5) is 0 Å². The van der Waals surface area contributed by atoms with Crippen molar-refractivity contribution >= 4 is 15.9 Å². The number of aliphatic hydroxyl groups excluding tert-OH is 1. The summed E-state index contributed by atoms with van der Waals surface area (Å²) in [6.45, 7) is 3.72. The van der Waals surface area contributed by atoms with Crippen LogP contribution in [0.25, 0.3) is 11.3 Å². The molecule has 2 rings (SSSR count). The van der Waals surface area contributed by atoms with Gasteiger partial charge in [-0.05, 0) is 36.8 Å². The first kappa shape index (κ1) is 13.3. The Hall–Kier alpha value is -1.10. The minimum absolute atomic E-state index is 0.194. The van der Waals surface area contributed by atoms with Crippen LogP contribution in [0.3, 0.4) is 0 Å². The van der Waals surface area contributed by atoms with Gasteiger partial charge in [-0.2, -0.15) is 0 Å². The zero-order valence-electron chi connectivity index (χ0n) is 10.3. The number of rotatable bonds is 5. The molecular weight excluding hydrogens is 294 g/mol. The SMILES string of the molecule is Cc1cc(-c2ccc(C[NH2+]CCO)o2)ccc1Br. The molecule has 4 heteroatoms. The largest absolute Gasteiger partial charge is 0.455 e. The Morgan fingerprint density at radius 3 is 2.83 bits per heavy atom. The maximum atomic E-state index is 8.72. The minimum Gasteiger partial charge on any atom is -0.455 e. The Morgan fingerprint density at radius 2 is 2.11 bits per heavy atom. The lowest BCUT2D eigenvalue weighted by Crippen LogP contribution is -2.83. The zero-order valence-corrected chi connectivity index (χ0v) is 11.9. The first-order valence-corrected chi connectivity index (χ1v) is 6.78. The van der Waals surface area contributed by atoms with E-state index in [1.165, 1.54) is 5.56 Å². The lowest BCUT2D eigenvalue weighted by Gasteiger charge is -2.01. The van der Waals surface area contributed by atoms with Crippen LogP contribution in [-0.2, 0) is 6.54 Å². The van der Waals surface area contributed by atoms with Gasteiger partial charge in [0.1, 0.15) is 12.3 Å². The predicted molar refractivity (Wildman–Crippen MR) is 74.2 cm³/mol. The highest BCUT2D eigenvalue weighted by atomic mass is 79.9. The summed E-state index contributed by atoms with van der Waals surface area (Å²) >= 11 is 3.49. The smallest absolute Gasteiger partial charge is 0.158 e. The summed E-state index contributed by atoms with van der Waals surface area (Å²) < 4.78 is 6.89. The number of hydrogen-bond donors (Lipinski definition) is 2. The van der Waals surface area contributed by atoms with Crippen LogP contribution in [0.2, 0.25) is 0 Å². The topological polar surface area (TPSA) is 50.0 Å². The summed E-state index contributed by atoms with van der Waals surface area (Å²) in [5.74, 6) is 1.82. The summed E-state index contributed by atoms with van der Waals surface area (Å²) in [5.41, 5.74) is 2.28. The number of halogens is 1. The standard InChI is InChI=1S/C14H16BrNO2/c1-10-8-11(2-4-13(10)15)14-5-3-12(18-14)9-16-6-7-17/h2-5,8,16-17H,6-7,9H2,1H3/p+1. The Morgan fingerprint density at radius 1 is 1.28 bits per heavy atom. The van der Waals surface area contributed by atoms with E-state index in [-0.39, 0.29) is 6.61 Å².